The summed E-state index contributed by atoms with van der Waals surface area (Å²) in [6.07, 6.45) is 2.95. The van der Waals surface area contributed by atoms with Crippen molar-refractivity contribution in [3.63, 3.8) is 0 Å². The van der Waals surface area contributed by atoms with E-state index in [1.165, 1.54) is 5.56 Å². The molecule has 0 aromatic heterocycles. The first-order chi connectivity index (χ1) is 13.0. The van der Waals surface area contributed by atoms with Crippen molar-refractivity contribution in [3.05, 3.63) is 29.3 Å². The van der Waals surface area contributed by atoms with E-state index in [-0.39, 0.29) is 11.8 Å². The van der Waals surface area contributed by atoms with Crippen molar-refractivity contribution in [2.75, 3.05) is 40.3 Å². The van der Waals surface area contributed by atoms with Crippen LogP contribution < -0.4 is 21.1 Å². The summed E-state index contributed by atoms with van der Waals surface area (Å²) in [6, 6.07) is 6.18. The highest BCUT2D eigenvalue weighted by Crippen LogP contribution is 2.19. The number of amides is 1. The topological polar surface area (TPSA) is 92.0 Å². The van der Waals surface area contributed by atoms with Crippen molar-refractivity contribution in [2.24, 2.45) is 16.6 Å². The van der Waals surface area contributed by atoms with Crippen LogP contribution in [0.5, 0.6) is 5.75 Å². The highest BCUT2D eigenvalue weighted by molar-refractivity contribution is 5.79. The Balaban J connectivity index is 1.71. The molecule has 1 heterocycles. The molecule has 1 aromatic carbocycles. The number of carbonyl (C=O) groups excluding carboxylic acids is 1. The number of guanidine groups is 1. The van der Waals surface area contributed by atoms with E-state index in [0.717, 1.165) is 62.7 Å². The van der Waals surface area contributed by atoms with E-state index in [1.807, 2.05) is 13.0 Å². The lowest BCUT2D eigenvalue weighted by Gasteiger charge is -2.31. The Labute approximate surface area is 162 Å². The second-order valence-electron chi connectivity index (χ2n) is 7.06. The SMILES string of the molecule is CN=C(NCCCN1CCCC(C(N)=O)C1)NCc1ccc(C)cc1OC. The molecule has 1 unspecified atom stereocenters. The molecule has 0 radical (unpaired) electrons. The van der Waals surface area contributed by atoms with Crippen LogP contribution in [0, 0.1) is 12.8 Å². The molecule has 1 aromatic rings. The molecule has 2 rings (SSSR count). The average molecular weight is 376 g/mol. The van der Waals surface area contributed by atoms with Gasteiger partial charge in [-0.25, -0.2) is 0 Å². The first kappa shape index (κ1) is 21.0. The predicted molar refractivity (Wildman–Crippen MR) is 109 cm³/mol. The van der Waals surface area contributed by atoms with Gasteiger partial charge in [0.2, 0.25) is 5.91 Å². The molecule has 1 saturated heterocycles. The summed E-state index contributed by atoms with van der Waals surface area (Å²) in [6.45, 7) is 6.31. The van der Waals surface area contributed by atoms with Crippen molar-refractivity contribution in [1.29, 1.82) is 0 Å². The van der Waals surface area contributed by atoms with Gasteiger partial charge < -0.3 is 26.0 Å². The zero-order valence-electron chi connectivity index (χ0n) is 16.8. The van der Waals surface area contributed by atoms with Gasteiger partial charge in [0, 0.05) is 32.2 Å². The molecular formula is C20H33N5O2. The fraction of sp³-hybridized carbons (Fsp3) is 0.600. The molecule has 0 bridgehead atoms. The standard InChI is InChI=1S/C20H33N5O2/c1-15-7-8-16(18(12-15)27-3)13-24-20(22-2)23-9-5-11-25-10-4-6-17(14-25)19(21)26/h7-8,12,17H,4-6,9-11,13-14H2,1-3H3,(H2,21,26)(H2,22,23,24). The van der Waals surface area contributed by atoms with E-state index in [4.69, 9.17) is 10.5 Å². The third-order valence-electron chi connectivity index (χ3n) is 4.96. The Morgan fingerprint density at radius 2 is 2.22 bits per heavy atom. The van der Waals surface area contributed by atoms with Crippen LogP contribution in [0.1, 0.15) is 30.4 Å². The summed E-state index contributed by atoms with van der Waals surface area (Å²) in [5, 5.41) is 6.67. The summed E-state index contributed by atoms with van der Waals surface area (Å²) in [4.78, 5) is 18.0. The molecule has 7 heteroatoms. The minimum atomic E-state index is -0.172. The Morgan fingerprint density at radius 1 is 1.41 bits per heavy atom. The molecular weight excluding hydrogens is 342 g/mol. The lowest BCUT2D eigenvalue weighted by Crippen LogP contribution is -2.42. The molecule has 150 valence electrons. The van der Waals surface area contributed by atoms with Crippen LogP contribution in [0.25, 0.3) is 0 Å². The maximum absolute atomic E-state index is 11.4. The normalized spacial score (nSPS) is 18.2. The number of aryl methyl sites for hydroxylation is 1. The van der Waals surface area contributed by atoms with Gasteiger partial charge in [-0.05, 0) is 50.9 Å². The van der Waals surface area contributed by atoms with Crippen LogP contribution in [-0.4, -0.2) is 57.1 Å². The van der Waals surface area contributed by atoms with Crippen molar-refractivity contribution < 1.29 is 9.53 Å². The van der Waals surface area contributed by atoms with Gasteiger partial charge in [-0.1, -0.05) is 12.1 Å². The van der Waals surface area contributed by atoms with Crippen molar-refractivity contribution in [3.8, 4) is 5.75 Å². The number of aliphatic imine (C=N–C) groups is 1. The van der Waals surface area contributed by atoms with E-state index in [9.17, 15) is 4.79 Å². The Bertz CT molecular complexity index is 647. The molecule has 0 spiro atoms. The number of methoxy groups -OCH3 is 1. The molecule has 27 heavy (non-hydrogen) atoms. The number of benzene rings is 1. The predicted octanol–water partition coefficient (Wildman–Crippen LogP) is 1.26. The van der Waals surface area contributed by atoms with Gasteiger partial charge in [0.15, 0.2) is 5.96 Å². The lowest BCUT2D eigenvalue weighted by molar-refractivity contribution is -0.123. The molecule has 1 atom stereocenters. The molecule has 1 fully saturated rings. The van der Waals surface area contributed by atoms with Gasteiger partial charge in [0.05, 0.1) is 13.0 Å². The number of rotatable bonds is 8. The van der Waals surface area contributed by atoms with E-state index in [2.05, 4.69) is 32.7 Å². The smallest absolute Gasteiger partial charge is 0.221 e. The number of piperidine rings is 1. The molecule has 1 aliphatic heterocycles. The van der Waals surface area contributed by atoms with Gasteiger partial charge in [0.1, 0.15) is 5.75 Å². The van der Waals surface area contributed by atoms with Gasteiger partial charge in [-0.2, -0.15) is 0 Å². The van der Waals surface area contributed by atoms with Gasteiger partial charge >= 0.3 is 0 Å². The quantitative estimate of drug-likeness (QED) is 0.361. The summed E-state index contributed by atoms with van der Waals surface area (Å²) < 4.78 is 5.44. The van der Waals surface area contributed by atoms with Crippen LogP contribution in [0.15, 0.2) is 23.2 Å². The van der Waals surface area contributed by atoms with Crippen LogP contribution >= 0.6 is 0 Å². The highest BCUT2D eigenvalue weighted by Gasteiger charge is 2.23. The summed E-state index contributed by atoms with van der Waals surface area (Å²) in [5.41, 5.74) is 7.71. The number of hydrogen-bond donors (Lipinski definition) is 3. The van der Waals surface area contributed by atoms with Crippen molar-refractivity contribution in [2.45, 2.75) is 32.7 Å². The third-order valence-corrected chi connectivity index (χ3v) is 4.96. The number of ether oxygens (including phenoxy) is 1. The Morgan fingerprint density at radius 3 is 2.93 bits per heavy atom. The Kier molecular flexibility index (Phi) is 8.39. The third kappa shape index (κ3) is 6.75. The molecule has 1 aliphatic rings. The van der Waals surface area contributed by atoms with Crippen LogP contribution in [-0.2, 0) is 11.3 Å². The molecule has 1 amide bonds. The summed E-state index contributed by atoms with van der Waals surface area (Å²) in [5.74, 6) is 1.48. The number of nitrogens with two attached hydrogens (primary N) is 1. The summed E-state index contributed by atoms with van der Waals surface area (Å²) >= 11 is 0. The number of hydrogen-bond acceptors (Lipinski definition) is 4. The molecule has 0 saturated carbocycles. The van der Waals surface area contributed by atoms with Gasteiger partial charge in [-0.3, -0.25) is 9.79 Å². The maximum Gasteiger partial charge on any atom is 0.221 e. The number of nitrogens with zero attached hydrogens (tertiary/aromatic N) is 2. The van der Waals surface area contributed by atoms with Crippen molar-refractivity contribution >= 4 is 11.9 Å². The largest absolute Gasteiger partial charge is 0.496 e. The minimum Gasteiger partial charge on any atom is -0.496 e. The van der Waals surface area contributed by atoms with E-state index in [1.54, 1.807) is 14.2 Å². The Hall–Kier alpha value is -2.28. The van der Waals surface area contributed by atoms with Crippen LogP contribution in [0.2, 0.25) is 0 Å². The number of carbonyl (C=O) groups is 1. The zero-order valence-corrected chi connectivity index (χ0v) is 16.8. The monoisotopic (exact) mass is 375 g/mol. The van der Waals surface area contributed by atoms with Crippen molar-refractivity contribution in [1.82, 2.24) is 15.5 Å². The maximum atomic E-state index is 11.4. The van der Waals surface area contributed by atoms with E-state index < -0.39 is 0 Å². The van der Waals surface area contributed by atoms with Crippen LogP contribution in [0.4, 0.5) is 0 Å². The van der Waals surface area contributed by atoms with Gasteiger partial charge in [-0.15, -0.1) is 0 Å². The first-order valence-corrected chi connectivity index (χ1v) is 9.63. The van der Waals surface area contributed by atoms with Gasteiger partial charge in [0.25, 0.3) is 0 Å². The zero-order chi connectivity index (χ0) is 19.6. The molecule has 0 aliphatic carbocycles. The van der Waals surface area contributed by atoms with Crippen LogP contribution in [0.3, 0.4) is 0 Å². The minimum absolute atomic E-state index is 0.00521. The van der Waals surface area contributed by atoms with E-state index in [0.29, 0.717) is 6.54 Å². The van der Waals surface area contributed by atoms with E-state index >= 15 is 0 Å². The lowest BCUT2D eigenvalue weighted by atomic mass is 9.97. The second-order valence-corrected chi connectivity index (χ2v) is 7.06. The fourth-order valence-corrected chi connectivity index (χ4v) is 3.40. The second kappa shape index (κ2) is 10.8. The molecule has 4 N–H and O–H groups in total. The number of nitrogens with one attached hydrogen (secondary N) is 2. The number of primary amides is 1. The average Bonchev–Trinajstić information content (AvgIpc) is 2.68. The first-order valence-electron chi connectivity index (χ1n) is 9.63. The highest BCUT2D eigenvalue weighted by atomic mass is 16.5. The fourth-order valence-electron chi connectivity index (χ4n) is 3.40. The summed E-state index contributed by atoms with van der Waals surface area (Å²) in [7, 11) is 3.46. The molecule has 7 nitrogen and oxygen atoms in total. The number of likely N-dealkylation sites (tertiary alicyclic amines) is 1.